The molecule has 0 aromatic carbocycles. The summed E-state index contributed by atoms with van der Waals surface area (Å²) in [6.45, 7) is 9.81. The fourth-order valence-electron chi connectivity index (χ4n) is 4.91. The van der Waals surface area contributed by atoms with Gasteiger partial charge < -0.3 is 40.1 Å². The maximum Gasteiger partial charge on any atom is 0.187 e. The van der Waals surface area contributed by atoms with Crippen LogP contribution in [0.2, 0.25) is 0 Å². The van der Waals surface area contributed by atoms with Gasteiger partial charge in [-0.2, -0.15) is 0 Å². The van der Waals surface area contributed by atoms with Crippen molar-refractivity contribution in [3.63, 3.8) is 0 Å². The molecule has 9 nitrogen and oxygen atoms in total. The largest absolute Gasteiger partial charge is 0.394 e. The first kappa shape index (κ1) is 25.6. The van der Waals surface area contributed by atoms with Gasteiger partial charge in [-0.1, -0.05) is 41.5 Å². The molecule has 0 aromatic rings. The zero-order valence-electron chi connectivity index (χ0n) is 18.6. The molecule has 8 atom stereocenters. The van der Waals surface area contributed by atoms with E-state index in [0.29, 0.717) is 6.42 Å². The molecule has 9 heteroatoms. The van der Waals surface area contributed by atoms with Gasteiger partial charge in [-0.15, -0.1) is 0 Å². The number of Topliss-reactive ketones (excluding diaryl/α,β-unsaturated/α-hetero) is 1. The lowest BCUT2D eigenvalue weighted by atomic mass is 9.54. The highest BCUT2D eigenvalue weighted by atomic mass is 16.7. The van der Waals surface area contributed by atoms with Gasteiger partial charge in [0.15, 0.2) is 12.1 Å². The predicted octanol–water partition coefficient (Wildman–Crippen LogP) is -0.665. The summed E-state index contributed by atoms with van der Waals surface area (Å²) in [4.78, 5) is 13.3. The standard InChI is InChI=1S/C21H38O9/c1-10(2)7-8-21(28)16(26)19(3,4)18(20(5,6)17(21)27)30-15-14(25)13(24)12(23)11(9-22)29-15/h10-16,18,22-26,28H,7-9H2,1-6H3/t11-,12-,13+,14-,15+,16-,18-,21-/m1/s1. The molecule has 6 N–H and O–H groups in total. The fourth-order valence-corrected chi connectivity index (χ4v) is 4.91. The highest BCUT2D eigenvalue weighted by Crippen LogP contribution is 2.52. The van der Waals surface area contributed by atoms with Crippen molar-refractivity contribution in [2.75, 3.05) is 6.61 Å². The Kier molecular flexibility index (Phi) is 7.43. The number of aliphatic hydroxyl groups is 6. The van der Waals surface area contributed by atoms with Crippen molar-refractivity contribution in [2.45, 2.75) is 103 Å². The SMILES string of the molecule is CC(C)CC[C@]1(O)C(=O)C(C)(C)[C@H](O[C@@H]2O[C@H](CO)[C@@H](O)[C@H](O)[C@H]2O)C(C)(C)[C@H]1O. The third-order valence-electron chi connectivity index (χ3n) is 6.69. The molecule has 0 unspecified atom stereocenters. The van der Waals surface area contributed by atoms with Crippen molar-refractivity contribution < 1.29 is 44.9 Å². The number of hydrogen-bond acceptors (Lipinski definition) is 9. The Hall–Kier alpha value is -0.650. The van der Waals surface area contributed by atoms with E-state index in [1.807, 2.05) is 13.8 Å². The highest BCUT2D eigenvalue weighted by molar-refractivity contribution is 5.94. The molecule has 0 bridgehead atoms. The molecule has 30 heavy (non-hydrogen) atoms. The normalized spacial score (nSPS) is 43.8. The molecule has 2 aliphatic rings. The van der Waals surface area contributed by atoms with E-state index in [1.165, 1.54) is 0 Å². The van der Waals surface area contributed by atoms with Crippen molar-refractivity contribution in [3.8, 4) is 0 Å². The quantitative estimate of drug-likeness (QED) is 0.319. The van der Waals surface area contributed by atoms with Crippen molar-refractivity contribution in [2.24, 2.45) is 16.7 Å². The Labute approximate surface area is 177 Å². The molecule has 0 amide bonds. The third kappa shape index (κ3) is 4.19. The van der Waals surface area contributed by atoms with E-state index in [-0.39, 0.29) is 12.3 Å². The molecular weight excluding hydrogens is 396 g/mol. The summed E-state index contributed by atoms with van der Waals surface area (Å²) in [6.07, 6.45) is -9.22. The van der Waals surface area contributed by atoms with Crippen LogP contribution in [0.3, 0.4) is 0 Å². The Morgan fingerprint density at radius 2 is 1.60 bits per heavy atom. The van der Waals surface area contributed by atoms with E-state index in [9.17, 15) is 35.4 Å². The van der Waals surface area contributed by atoms with Crippen LogP contribution < -0.4 is 0 Å². The first-order valence-corrected chi connectivity index (χ1v) is 10.5. The van der Waals surface area contributed by atoms with E-state index in [1.54, 1.807) is 27.7 Å². The van der Waals surface area contributed by atoms with Crippen LogP contribution in [0.4, 0.5) is 0 Å². The van der Waals surface area contributed by atoms with Gasteiger partial charge in [0.1, 0.15) is 30.0 Å². The maximum absolute atomic E-state index is 13.3. The lowest BCUT2D eigenvalue weighted by molar-refractivity contribution is -0.338. The van der Waals surface area contributed by atoms with Crippen LogP contribution >= 0.6 is 0 Å². The topological polar surface area (TPSA) is 157 Å². The van der Waals surface area contributed by atoms with E-state index in [2.05, 4.69) is 0 Å². The van der Waals surface area contributed by atoms with Crippen molar-refractivity contribution >= 4 is 5.78 Å². The van der Waals surface area contributed by atoms with E-state index in [4.69, 9.17) is 9.47 Å². The Morgan fingerprint density at radius 1 is 1.03 bits per heavy atom. The summed E-state index contributed by atoms with van der Waals surface area (Å²) < 4.78 is 11.4. The minimum absolute atomic E-state index is 0.101. The van der Waals surface area contributed by atoms with Crippen molar-refractivity contribution in [1.29, 1.82) is 0 Å². The van der Waals surface area contributed by atoms with Gasteiger partial charge in [0.25, 0.3) is 0 Å². The minimum atomic E-state index is -1.95. The molecule has 0 radical (unpaired) electrons. The lowest BCUT2D eigenvalue weighted by Gasteiger charge is -2.57. The Balaban J connectivity index is 2.36. The van der Waals surface area contributed by atoms with Crippen LogP contribution in [-0.4, -0.2) is 91.5 Å². The summed E-state index contributed by atoms with van der Waals surface area (Å²) in [7, 11) is 0. The highest BCUT2D eigenvalue weighted by Gasteiger charge is 2.66. The average molecular weight is 435 g/mol. The second-order valence-corrected chi connectivity index (χ2v) is 10.3. The predicted molar refractivity (Wildman–Crippen MR) is 106 cm³/mol. The van der Waals surface area contributed by atoms with Crippen LogP contribution in [0.25, 0.3) is 0 Å². The number of hydrogen-bond donors (Lipinski definition) is 6. The van der Waals surface area contributed by atoms with Crippen LogP contribution in [0, 0.1) is 16.7 Å². The van der Waals surface area contributed by atoms with Gasteiger partial charge in [0.05, 0.1) is 24.2 Å². The van der Waals surface area contributed by atoms with Crippen molar-refractivity contribution in [3.05, 3.63) is 0 Å². The maximum atomic E-state index is 13.3. The van der Waals surface area contributed by atoms with Gasteiger partial charge in [-0.25, -0.2) is 0 Å². The molecule has 2 fully saturated rings. The molecule has 1 heterocycles. The minimum Gasteiger partial charge on any atom is -0.394 e. The Morgan fingerprint density at radius 3 is 2.10 bits per heavy atom. The zero-order valence-corrected chi connectivity index (χ0v) is 18.6. The summed E-state index contributed by atoms with van der Waals surface area (Å²) in [5.74, 6) is -0.347. The number of ketones is 1. The molecule has 0 aromatic heterocycles. The van der Waals surface area contributed by atoms with Crippen LogP contribution in [0.1, 0.15) is 54.4 Å². The number of rotatable bonds is 6. The molecule has 0 spiro atoms. The number of ether oxygens (including phenoxy) is 2. The fraction of sp³-hybridized carbons (Fsp3) is 0.952. The average Bonchev–Trinajstić information content (AvgIpc) is 2.67. The molecular formula is C21H38O9. The first-order chi connectivity index (χ1) is 13.6. The molecule has 2 rings (SSSR count). The van der Waals surface area contributed by atoms with Gasteiger partial charge in [-0.05, 0) is 18.8 Å². The number of aliphatic hydroxyl groups excluding tert-OH is 5. The second-order valence-electron chi connectivity index (χ2n) is 10.3. The molecule has 1 aliphatic heterocycles. The molecule has 1 aliphatic carbocycles. The third-order valence-corrected chi connectivity index (χ3v) is 6.69. The molecule has 176 valence electrons. The summed E-state index contributed by atoms with van der Waals surface area (Å²) in [5, 5.41) is 62.0. The first-order valence-electron chi connectivity index (χ1n) is 10.5. The molecule has 1 saturated carbocycles. The van der Waals surface area contributed by atoms with Crippen molar-refractivity contribution in [1.82, 2.24) is 0 Å². The smallest absolute Gasteiger partial charge is 0.187 e. The monoisotopic (exact) mass is 434 g/mol. The van der Waals surface area contributed by atoms with Crippen LogP contribution in [0.5, 0.6) is 0 Å². The van der Waals surface area contributed by atoms with E-state index in [0.717, 1.165) is 0 Å². The number of carbonyl (C=O) groups excluding carboxylic acids is 1. The van der Waals surface area contributed by atoms with E-state index >= 15 is 0 Å². The van der Waals surface area contributed by atoms with Gasteiger partial charge in [0, 0.05) is 5.41 Å². The van der Waals surface area contributed by atoms with Gasteiger partial charge in [0.2, 0.25) is 0 Å². The summed E-state index contributed by atoms with van der Waals surface area (Å²) >= 11 is 0. The molecule has 1 saturated heterocycles. The zero-order chi connectivity index (χ0) is 23.2. The number of carbonyl (C=O) groups is 1. The van der Waals surface area contributed by atoms with Gasteiger partial charge in [-0.3, -0.25) is 4.79 Å². The van der Waals surface area contributed by atoms with E-state index < -0.39 is 71.7 Å². The van der Waals surface area contributed by atoms with Crippen LogP contribution in [0.15, 0.2) is 0 Å². The lowest BCUT2D eigenvalue weighted by Crippen LogP contribution is -2.72. The Bertz CT molecular complexity index is 618. The second kappa shape index (κ2) is 8.71. The van der Waals surface area contributed by atoms with Crippen LogP contribution in [-0.2, 0) is 14.3 Å². The van der Waals surface area contributed by atoms with Gasteiger partial charge >= 0.3 is 0 Å². The summed E-state index contributed by atoms with van der Waals surface area (Å²) in [6, 6.07) is 0. The summed E-state index contributed by atoms with van der Waals surface area (Å²) in [5.41, 5.74) is -4.36.